The van der Waals surface area contributed by atoms with Crippen LogP contribution in [0.2, 0.25) is 0 Å². The molecule has 0 saturated heterocycles. The maximum absolute atomic E-state index is 11.9. The second-order valence-corrected chi connectivity index (χ2v) is 6.37. The van der Waals surface area contributed by atoms with Crippen LogP contribution in [0.4, 0.5) is 11.4 Å². The van der Waals surface area contributed by atoms with Crippen molar-refractivity contribution < 1.29 is 9.53 Å². The van der Waals surface area contributed by atoms with Crippen LogP contribution < -0.4 is 21.1 Å². The van der Waals surface area contributed by atoms with E-state index in [1.165, 1.54) is 0 Å². The van der Waals surface area contributed by atoms with Crippen molar-refractivity contribution in [3.63, 3.8) is 0 Å². The number of carbonyl (C=O) groups excluding carboxylic acids is 1. The zero-order chi connectivity index (χ0) is 18.9. The molecule has 6 heteroatoms. The van der Waals surface area contributed by atoms with E-state index in [9.17, 15) is 4.79 Å². The second-order valence-electron chi connectivity index (χ2n) is 6.37. The fourth-order valence-corrected chi connectivity index (χ4v) is 2.43. The molecule has 2 aromatic carbocycles. The molecular weight excluding hydrogens is 328 g/mol. The van der Waals surface area contributed by atoms with E-state index >= 15 is 0 Å². The highest BCUT2D eigenvalue weighted by atomic mass is 16.5. The molecular formula is C20H26N4O2. The Labute approximate surface area is 154 Å². The summed E-state index contributed by atoms with van der Waals surface area (Å²) in [5, 5.41) is 5.94. The quantitative estimate of drug-likeness (QED) is 0.523. The number of guanidine groups is 1. The first-order valence-corrected chi connectivity index (χ1v) is 8.56. The minimum atomic E-state index is 0.0120. The van der Waals surface area contributed by atoms with Gasteiger partial charge in [0.1, 0.15) is 5.75 Å². The summed E-state index contributed by atoms with van der Waals surface area (Å²) < 4.78 is 5.28. The van der Waals surface area contributed by atoms with Gasteiger partial charge in [-0.2, -0.15) is 0 Å². The minimum absolute atomic E-state index is 0.0120. The average Bonchev–Trinajstić information content (AvgIpc) is 2.60. The number of para-hydroxylation sites is 2. The third-order valence-electron chi connectivity index (χ3n) is 3.61. The van der Waals surface area contributed by atoms with Gasteiger partial charge in [-0.1, -0.05) is 38.1 Å². The Kier molecular flexibility index (Phi) is 7.02. The number of anilines is 2. The summed E-state index contributed by atoms with van der Waals surface area (Å²) in [6.45, 7) is 4.44. The molecule has 26 heavy (non-hydrogen) atoms. The predicted molar refractivity (Wildman–Crippen MR) is 106 cm³/mol. The molecule has 0 aliphatic heterocycles. The largest absolute Gasteiger partial charge is 0.495 e. The normalized spacial score (nSPS) is 11.3. The van der Waals surface area contributed by atoms with Crippen molar-refractivity contribution >= 4 is 23.2 Å². The standard InChI is InChI=1S/C20H26N4O2/c1-14(2)11-19(25)23-16-8-6-7-15(12-16)13-22-20(21)24-17-9-4-5-10-18(17)26-3/h4-10,12,14H,11,13H2,1-3H3,(H,23,25)(H3,21,22,24). The number of methoxy groups -OCH3 is 1. The number of rotatable bonds is 7. The highest BCUT2D eigenvalue weighted by Gasteiger charge is 2.06. The lowest BCUT2D eigenvalue weighted by atomic mass is 10.1. The maximum atomic E-state index is 11.9. The van der Waals surface area contributed by atoms with Crippen molar-refractivity contribution in [2.45, 2.75) is 26.8 Å². The van der Waals surface area contributed by atoms with Gasteiger partial charge in [0.2, 0.25) is 5.91 Å². The van der Waals surface area contributed by atoms with E-state index < -0.39 is 0 Å². The fourth-order valence-electron chi connectivity index (χ4n) is 2.43. The summed E-state index contributed by atoms with van der Waals surface area (Å²) in [5.74, 6) is 1.32. The van der Waals surface area contributed by atoms with Gasteiger partial charge in [0.25, 0.3) is 0 Å². The van der Waals surface area contributed by atoms with E-state index in [2.05, 4.69) is 15.6 Å². The highest BCUT2D eigenvalue weighted by Crippen LogP contribution is 2.22. The number of aliphatic imine (C=N–C) groups is 1. The molecule has 0 unspecified atom stereocenters. The molecule has 2 aromatic rings. The number of benzene rings is 2. The van der Waals surface area contributed by atoms with Crippen molar-refractivity contribution in [3.05, 3.63) is 54.1 Å². The van der Waals surface area contributed by atoms with Crippen molar-refractivity contribution in [3.8, 4) is 5.75 Å². The van der Waals surface area contributed by atoms with Gasteiger partial charge in [0.05, 0.1) is 19.3 Å². The molecule has 0 radical (unpaired) electrons. The number of amides is 1. The van der Waals surface area contributed by atoms with Gasteiger partial charge in [-0.25, -0.2) is 4.99 Å². The number of nitrogens with zero attached hydrogens (tertiary/aromatic N) is 1. The molecule has 138 valence electrons. The van der Waals surface area contributed by atoms with Crippen molar-refractivity contribution in [2.24, 2.45) is 16.6 Å². The van der Waals surface area contributed by atoms with Crippen LogP contribution in [0, 0.1) is 5.92 Å². The van der Waals surface area contributed by atoms with Crippen LogP contribution in [0.3, 0.4) is 0 Å². The molecule has 0 bridgehead atoms. The number of nitrogens with one attached hydrogen (secondary N) is 2. The monoisotopic (exact) mass is 354 g/mol. The van der Waals surface area contributed by atoms with Gasteiger partial charge in [-0.05, 0) is 35.7 Å². The average molecular weight is 354 g/mol. The van der Waals surface area contributed by atoms with Crippen LogP contribution in [-0.2, 0) is 11.3 Å². The molecule has 4 N–H and O–H groups in total. The van der Waals surface area contributed by atoms with E-state index in [1.54, 1.807) is 7.11 Å². The van der Waals surface area contributed by atoms with E-state index in [0.717, 1.165) is 16.9 Å². The zero-order valence-corrected chi connectivity index (χ0v) is 15.5. The Morgan fingerprint density at radius 2 is 1.92 bits per heavy atom. The van der Waals surface area contributed by atoms with E-state index in [0.29, 0.717) is 30.6 Å². The lowest BCUT2D eigenvalue weighted by Gasteiger charge is -2.10. The summed E-state index contributed by atoms with van der Waals surface area (Å²) in [4.78, 5) is 16.2. The summed E-state index contributed by atoms with van der Waals surface area (Å²) in [6.07, 6.45) is 0.498. The summed E-state index contributed by atoms with van der Waals surface area (Å²) in [7, 11) is 1.60. The Morgan fingerprint density at radius 3 is 2.65 bits per heavy atom. The topological polar surface area (TPSA) is 88.7 Å². The molecule has 0 fully saturated rings. The number of nitrogens with two attached hydrogens (primary N) is 1. The van der Waals surface area contributed by atoms with E-state index in [-0.39, 0.29) is 5.91 Å². The summed E-state index contributed by atoms with van der Waals surface area (Å²) >= 11 is 0. The Hall–Kier alpha value is -3.02. The third kappa shape index (κ3) is 6.12. The first-order valence-electron chi connectivity index (χ1n) is 8.56. The van der Waals surface area contributed by atoms with Gasteiger partial charge in [0.15, 0.2) is 5.96 Å². The molecule has 0 saturated carbocycles. The van der Waals surface area contributed by atoms with Gasteiger partial charge < -0.3 is 21.1 Å². The Bertz CT molecular complexity index is 772. The van der Waals surface area contributed by atoms with Gasteiger partial charge in [-0.3, -0.25) is 4.79 Å². The second kappa shape index (κ2) is 9.46. The molecule has 0 heterocycles. The van der Waals surface area contributed by atoms with Crippen LogP contribution in [0.25, 0.3) is 0 Å². The van der Waals surface area contributed by atoms with Crippen LogP contribution in [0.5, 0.6) is 5.75 Å². The molecule has 0 aliphatic rings. The molecule has 0 spiro atoms. The van der Waals surface area contributed by atoms with Crippen molar-refractivity contribution in [1.29, 1.82) is 0 Å². The van der Waals surface area contributed by atoms with Crippen molar-refractivity contribution in [1.82, 2.24) is 0 Å². The fraction of sp³-hybridized carbons (Fsp3) is 0.300. The predicted octanol–water partition coefficient (Wildman–Crippen LogP) is 3.61. The van der Waals surface area contributed by atoms with Crippen LogP contribution in [0.15, 0.2) is 53.5 Å². The first-order chi connectivity index (χ1) is 12.5. The highest BCUT2D eigenvalue weighted by molar-refractivity contribution is 5.93. The van der Waals surface area contributed by atoms with Crippen LogP contribution in [-0.4, -0.2) is 19.0 Å². The lowest BCUT2D eigenvalue weighted by molar-refractivity contribution is -0.116. The molecule has 0 atom stereocenters. The summed E-state index contributed by atoms with van der Waals surface area (Å²) in [6, 6.07) is 15.1. The number of ether oxygens (including phenoxy) is 1. The van der Waals surface area contributed by atoms with E-state index in [4.69, 9.17) is 10.5 Å². The molecule has 1 amide bonds. The van der Waals surface area contributed by atoms with Crippen LogP contribution >= 0.6 is 0 Å². The van der Waals surface area contributed by atoms with Crippen molar-refractivity contribution in [2.75, 3.05) is 17.7 Å². The van der Waals surface area contributed by atoms with Gasteiger partial charge in [-0.15, -0.1) is 0 Å². The SMILES string of the molecule is COc1ccccc1NC(N)=NCc1cccc(NC(=O)CC(C)C)c1. The van der Waals surface area contributed by atoms with Crippen LogP contribution in [0.1, 0.15) is 25.8 Å². The number of hydrogen-bond acceptors (Lipinski definition) is 3. The third-order valence-corrected chi connectivity index (χ3v) is 3.61. The number of carbonyl (C=O) groups is 1. The Balaban J connectivity index is 1.98. The van der Waals surface area contributed by atoms with Gasteiger partial charge in [0, 0.05) is 12.1 Å². The van der Waals surface area contributed by atoms with E-state index in [1.807, 2.05) is 62.4 Å². The zero-order valence-electron chi connectivity index (χ0n) is 15.5. The lowest BCUT2D eigenvalue weighted by Crippen LogP contribution is -2.23. The molecule has 0 aliphatic carbocycles. The minimum Gasteiger partial charge on any atom is -0.495 e. The van der Waals surface area contributed by atoms with Gasteiger partial charge >= 0.3 is 0 Å². The maximum Gasteiger partial charge on any atom is 0.224 e. The first kappa shape index (κ1) is 19.3. The molecule has 2 rings (SSSR count). The summed E-state index contributed by atoms with van der Waals surface area (Å²) in [5.41, 5.74) is 8.44. The Morgan fingerprint density at radius 1 is 1.15 bits per heavy atom. The molecule has 0 aromatic heterocycles. The number of hydrogen-bond donors (Lipinski definition) is 3. The molecule has 6 nitrogen and oxygen atoms in total. The smallest absolute Gasteiger partial charge is 0.224 e.